The number of carbonyl (C=O) groups is 2. The number of likely N-dealkylation sites (tertiary alicyclic amines) is 1. The Bertz CT molecular complexity index is 598. The van der Waals surface area contributed by atoms with E-state index in [2.05, 4.69) is 15.5 Å². The van der Waals surface area contributed by atoms with Crippen LogP contribution in [0.3, 0.4) is 0 Å². The first-order valence-corrected chi connectivity index (χ1v) is 8.97. The van der Waals surface area contributed by atoms with Crippen molar-refractivity contribution in [3.8, 4) is 0 Å². The van der Waals surface area contributed by atoms with Gasteiger partial charge in [0.1, 0.15) is 0 Å². The van der Waals surface area contributed by atoms with Crippen LogP contribution in [-0.4, -0.2) is 53.1 Å². The summed E-state index contributed by atoms with van der Waals surface area (Å²) >= 11 is 0. The van der Waals surface area contributed by atoms with Crippen molar-refractivity contribution >= 4 is 11.8 Å². The van der Waals surface area contributed by atoms with Crippen molar-refractivity contribution in [2.75, 3.05) is 26.2 Å². The van der Waals surface area contributed by atoms with Gasteiger partial charge in [-0.2, -0.15) is 5.10 Å². The van der Waals surface area contributed by atoms with E-state index in [-0.39, 0.29) is 24.3 Å². The van der Waals surface area contributed by atoms with E-state index in [9.17, 15) is 9.59 Å². The summed E-state index contributed by atoms with van der Waals surface area (Å²) in [5.41, 5.74) is 8.98. The molecule has 1 fully saturated rings. The molecule has 1 aliphatic heterocycles. The van der Waals surface area contributed by atoms with E-state index in [0.29, 0.717) is 13.1 Å². The van der Waals surface area contributed by atoms with Gasteiger partial charge in [-0.1, -0.05) is 0 Å². The molecule has 1 aromatic heterocycles. The maximum atomic E-state index is 12.4. The second kappa shape index (κ2) is 7.79. The van der Waals surface area contributed by atoms with Gasteiger partial charge in [0.05, 0.1) is 18.2 Å². The van der Waals surface area contributed by atoms with Gasteiger partial charge in [-0.15, -0.1) is 0 Å². The van der Waals surface area contributed by atoms with Gasteiger partial charge >= 0.3 is 0 Å². The predicted molar refractivity (Wildman–Crippen MR) is 90.3 cm³/mol. The monoisotopic (exact) mass is 333 g/mol. The molecule has 4 N–H and O–H groups in total. The fourth-order valence-corrected chi connectivity index (χ4v) is 3.84. The van der Waals surface area contributed by atoms with Crippen LogP contribution in [0.5, 0.6) is 0 Å². The Morgan fingerprint density at radius 1 is 1.29 bits per heavy atom. The van der Waals surface area contributed by atoms with Crippen molar-refractivity contribution < 1.29 is 9.59 Å². The fourth-order valence-electron chi connectivity index (χ4n) is 3.84. The number of primary amides is 1. The van der Waals surface area contributed by atoms with E-state index >= 15 is 0 Å². The first-order valence-electron chi connectivity index (χ1n) is 8.97. The Morgan fingerprint density at radius 2 is 2.12 bits per heavy atom. The molecule has 0 bridgehead atoms. The number of nitrogens with two attached hydrogens (primary N) is 1. The molecule has 24 heavy (non-hydrogen) atoms. The third-order valence-corrected chi connectivity index (χ3v) is 5.06. The number of piperidine rings is 1. The van der Waals surface area contributed by atoms with Crippen molar-refractivity contribution in [2.45, 2.75) is 44.9 Å². The molecule has 1 atom stereocenters. The molecule has 132 valence electrons. The van der Waals surface area contributed by atoms with Crippen molar-refractivity contribution in [3.63, 3.8) is 0 Å². The van der Waals surface area contributed by atoms with E-state index in [1.165, 1.54) is 24.1 Å². The fraction of sp³-hybridized carbons (Fsp3) is 0.706. The molecule has 1 aromatic rings. The van der Waals surface area contributed by atoms with Gasteiger partial charge in [-0.25, -0.2) is 0 Å². The minimum atomic E-state index is -0.334. The number of aryl methyl sites for hydroxylation is 1. The lowest BCUT2D eigenvalue weighted by Gasteiger charge is -2.30. The number of hydrogen-bond donors (Lipinski definition) is 3. The summed E-state index contributed by atoms with van der Waals surface area (Å²) in [6.45, 7) is 2.31. The predicted octanol–water partition coefficient (Wildman–Crippen LogP) is 0.145. The number of fused-ring (bicyclic) bond motifs is 1. The Kier molecular flexibility index (Phi) is 5.50. The van der Waals surface area contributed by atoms with Gasteiger partial charge in [0, 0.05) is 25.2 Å². The highest BCUT2D eigenvalue weighted by Crippen LogP contribution is 2.22. The molecule has 0 radical (unpaired) electrons. The second-order valence-electron chi connectivity index (χ2n) is 6.92. The van der Waals surface area contributed by atoms with Gasteiger partial charge < -0.3 is 11.1 Å². The molecule has 7 nitrogen and oxygen atoms in total. The van der Waals surface area contributed by atoms with E-state index in [0.717, 1.165) is 44.3 Å². The standard InChI is InChI=1S/C17H27N5O2/c18-16(23)11-22-9-3-4-12(10-22)17(24)19-8-7-15-13-5-1-2-6-14(13)20-21-15/h12H,1-11H2,(H2,18,23)(H,19,24)(H,20,21)/t12-/m0/s1. The Hall–Kier alpha value is -1.89. The molecule has 0 spiro atoms. The lowest BCUT2D eigenvalue weighted by atomic mass is 9.95. The zero-order valence-electron chi connectivity index (χ0n) is 14.1. The van der Waals surface area contributed by atoms with Crippen LogP contribution in [0.15, 0.2) is 0 Å². The molecule has 7 heteroatoms. The molecule has 2 heterocycles. The summed E-state index contributed by atoms with van der Waals surface area (Å²) in [7, 11) is 0. The largest absolute Gasteiger partial charge is 0.369 e. The third kappa shape index (κ3) is 4.14. The molecule has 1 saturated heterocycles. The lowest BCUT2D eigenvalue weighted by Crippen LogP contribution is -2.46. The maximum absolute atomic E-state index is 12.4. The van der Waals surface area contributed by atoms with E-state index in [4.69, 9.17) is 5.73 Å². The lowest BCUT2D eigenvalue weighted by molar-refractivity contribution is -0.128. The summed E-state index contributed by atoms with van der Waals surface area (Å²) in [6, 6.07) is 0. The minimum absolute atomic E-state index is 0.0498. The number of aromatic amines is 1. The van der Waals surface area contributed by atoms with Crippen molar-refractivity contribution in [1.82, 2.24) is 20.4 Å². The zero-order chi connectivity index (χ0) is 16.9. The van der Waals surface area contributed by atoms with E-state index < -0.39 is 0 Å². The number of H-pyrrole nitrogens is 1. The Labute approximate surface area is 142 Å². The van der Waals surface area contributed by atoms with E-state index in [1.54, 1.807) is 0 Å². The number of amides is 2. The van der Waals surface area contributed by atoms with Gasteiger partial charge in [0.2, 0.25) is 11.8 Å². The SMILES string of the molecule is NC(=O)CN1CCC[C@H](C(=O)NCCc2n[nH]c3c2CCCC3)C1. The first-order chi connectivity index (χ1) is 11.6. The van der Waals surface area contributed by atoms with Crippen LogP contribution in [0.1, 0.15) is 42.6 Å². The average Bonchev–Trinajstić information content (AvgIpc) is 2.98. The molecule has 3 rings (SSSR count). The average molecular weight is 333 g/mol. The number of nitrogens with one attached hydrogen (secondary N) is 2. The van der Waals surface area contributed by atoms with Crippen LogP contribution in [0, 0.1) is 5.92 Å². The zero-order valence-corrected chi connectivity index (χ0v) is 14.1. The van der Waals surface area contributed by atoms with Crippen molar-refractivity contribution in [1.29, 1.82) is 0 Å². The van der Waals surface area contributed by atoms with Crippen LogP contribution in [0.25, 0.3) is 0 Å². The van der Waals surface area contributed by atoms with Crippen LogP contribution in [0.4, 0.5) is 0 Å². The van der Waals surface area contributed by atoms with Gasteiger partial charge in [-0.3, -0.25) is 19.6 Å². The molecular weight excluding hydrogens is 306 g/mol. The molecule has 0 unspecified atom stereocenters. The molecule has 2 amide bonds. The van der Waals surface area contributed by atoms with Gasteiger partial charge in [0.25, 0.3) is 0 Å². The first kappa shape index (κ1) is 17.0. The number of hydrogen-bond acceptors (Lipinski definition) is 4. The highest BCUT2D eigenvalue weighted by atomic mass is 16.2. The van der Waals surface area contributed by atoms with E-state index in [1.807, 2.05) is 4.90 Å². The molecule has 2 aliphatic rings. The summed E-state index contributed by atoms with van der Waals surface area (Å²) in [6.07, 6.45) is 7.22. The van der Waals surface area contributed by atoms with Crippen LogP contribution in [-0.2, 0) is 28.9 Å². The van der Waals surface area contributed by atoms with Gasteiger partial charge in [0.15, 0.2) is 0 Å². The van der Waals surface area contributed by atoms with Crippen LogP contribution >= 0.6 is 0 Å². The number of aromatic nitrogens is 2. The second-order valence-corrected chi connectivity index (χ2v) is 6.92. The Morgan fingerprint density at radius 3 is 2.96 bits per heavy atom. The Balaban J connectivity index is 1.45. The van der Waals surface area contributed by atoms with Crippen molar-refractivity contribution in [3.05, 3.63) is 17.0 Å². The molecule has 0 aromatic carbocycles. The minimum Gasteiger partial charge on any atom is -0.369 e. The highest BCUT2D eigenvalue weighted by Gasteiger charge is 2.26. The summed E-state index contributed by atoms with van der Waals surface area (Å²) in [5.74, 6) is -0.306. The summed E-state index contributed by atoms with van der Waals surface area (Å²) in [5, 5.41) is 10.6. The summed E-state index contributed by atoms with van der Waals surface area (Å²) < 4.78 is 0. The molecule has 0 saturated carbocycles. The van der Waals surface area contributed by atoms with Crippen molar-refractivity contribution in [2.24, 2.45) is 11.7 Å². The molecular formula is C17H27N5O2. The number of carbonyl (C=O) groups excluding carboxylic acids is 2. The normalized spacial score (nSPS) is 21.2. The number of rotatable bonds is 6. The van der Waals surface area contributed by atoms with Gasteiger partial charge in [-0.05, 0) is 50.6 Å². The van der Waals surface area contributed by atoms with Crippen LogP contribution in [0.2, 0.25) is 0 Å². The highest BCUT2D eigenvalue weighted by molar-refractivity contribution is 5.79. The summed E-state index contributed by atoms with van der Waals surface area (Å²) in [4.78, 5) is 25.4. The molecule has 1 aliphatic carbocycles. The topological polar surface area (TPSA) is 104 Å². The quantitative estimate of drug-likeness (QED) is 0.689. The maximum Gasteiger partial charge on any atom is 0.231 e. The third-order valence-electron chi connectivity index (χ3n) is 5.06. The van der Waals surface area contributed by atoms with Crippen LogP contribution < -0.4 is 11.1 Å². The number of nitrogens with zero attached hydrogens (tertiary/aromatic N) is 2. The smallest absolute Gasteiger partial charge is 0.231 e.